The number of hydrogen-bond donors (Lipinski definition) is 2. The molecule has 1 spiro atoms. The van der Waals surface area contributed by atoms with Gasteiger partial charge in [0.15, 0.2) is 0 Å². The molecule has 4 nitrogen and oxygen atoms in total. The number of fused-ring (bicyclic) bond motifs is 2. The van der Waals surface area contributed by atoms with Crippen LogP contribution < -0.4 is 10.6 Å². The van der Waals surface area contributed by atoms with Gasteiger partial charge >= 0.3 is 0 Å². The van der Waals surface area contributed by atoms with Crippen LogP contribution in [0, 0.1) is 5.92 Å². The molecule has 1 aliphatic heterocycles. The summed E-state index contributed by atoms with van der Waals surface area (Å²) in [6.07, 6.45) is 2.71. The zero-order valence-electron chi connectivity index (χ0n) is 15.1. The highest BCUT2D eigenvalue weighted by molar-refractivity contribution is 5.77. The van der Waals surface area contributed by atoms with Crippen molar-refractivity contribution >= 4 is 5.91 Å². The minimum absolute atomic E-state index is 0.0215. The van der Waals surface area contributed by atoms with Gasteiger partial charge in [0.05, 0.1) is 12.1 Å². The fraction of sp³-hybridized carbons (Fsp3) is 0.650. The number of hydrogen-bond acceptors (Lipinski definition) is 3. The van der Waals surface area contributed by atoms with Crippen LogP contribution >= 0.6 is 0 Å². The molecule has 24 heavy (non-hydrogen) atoms. The smallest absolute Gasteiger partial charge is 0.220 e. The summed E-state index contributed by atoms with van der Waals surface area (Å²) in [6.45, 7) is 8.89. The summed E-state index contributed by atoms with van der Waals surface area (Å²) in [5, 5.41) is 6.76. The molecule has 0 aromatic heterocycles. The molecule has 2 aliphatic rings. The Bertz CT molecular complexity index is 579. The van der Waals surface area contributed by atoms with Crippen molar-refractivity contribution in [3.8, 4) is 0 Å². The first-order chi connectivity index (χ1) is 11.6. The molecule has 2 atom stereocenters. The molecule has 1 heterocycles. The van der Waals surface area contributed by atoms with Gasteiger partial charge in [-0.05, 0) is 49.9 Å². The fourth-order valence-electron chi connectivity index (χ4n) is 4.48. The molecule has 3 rings (SSSR count). The van der Waals surface area contributed by atoms with E-state index in [1.54, 1.807) is 0 Å². The van der Waals surface area contributed by atoms with E-state index in [0.717, 1.165) is 25.9 Å². The van der Waals surface area contributed by atoms with Crippen LogP contribution in [0.2, 0.25) is 0 Å². The van der Waals surface area contributed by atoms with E-state index in [1.165, 1.54) is 11.1 Å². The molecule has 132 valence electrons. The van der Waals surface area contributed by atoms with Crippen molar-refractivity contribution in [3.63, 3.8) is 0 Å². The first kappa shape index (κ1) is 17.4. The van der Waals surface area contributed by atoms with Gasteiger partial charge in [-0.15, -0.1) is 0 Å². The van der Waals surface area contributed by atoms with Crippen molar-refractivity contribution in [1.82, 2.24) is 10.6 Å². The van der Waals surface area contributed by atoms with Gasteiger partial charge in [0, 0.05) is 18.4 Å². The summed E-state index contributed by atoms with van der Waals surface area (Å²) in [4.78, 5) is 12.5. The van der Waals surface area contributed by atoms with Crippen molar-refractivity contribution in [1.29, 1.82) is 0 Å². The first-order valence-corrected chi connectivity index (χ1v) is 9.29. The van der Waals surface area contributed by atoms with E-state index < -0.39 is 0 Å². The lowest BCUT2D eigenvalue weighted by Crippen LogP contribution is -2.50. The Balaban J connectivity index is 1.96. The Morgan fingerprint density at radius 3 is 2.71 bits per heavy atom. The molecular formula is C20H30N2O2. The lowest BCUT2D eigenvalue weighted by atomic mass is 9.72. The normalized spacial score (nSPS) is 25.0. The highest BCUT2D eigenvalue weighted by Crippen LogP contribution is 2.51. The van der Waals surface area contributed by atoms with Gasteiger partial charge in [-0.25, -0.2) is 0 Å². The average molecular weight is 330 g/mol. The molecule has 1 amide bonds. The number of carbonyl (C=O) groups excluding carboxylic acids is 1. The number of nitrogens with one attached hydrogen (secondary N) is 2. The molecule has 0 saturated carbocycles. The largest absolute Gasteiger partial charge is 0.375 e. The second-order valence-corrected chi connectivity index (χ2v) is 7.51. The van der Waals surface area contributed by atoms with Crippen LogP contribution in [-0.2, 0) is 14.9 Å². The van der Waals surface area contributed by atoms with Crippen LogP contribution in [0.1, 0.15) is 57.2 Å². The molecule has 1 fully saturated rings. The van der Waals surface area contributed by atoms with Gasteiger partial charge in [0.2, 0.25) is 5.91 Å². The number of amides is 1. The average Bonchev–Trinajstić information content (AvgIpc) is 2.79. The predicted molar refractivity (Wildman–Crippen MR) is 96.0 cm³/mol. The zero-order valence-corrected chi connectivity index (χ0v) is 15.1. The molecule has 1 aromatic carbocycles. The minimum Gasteiger partial charge on any atom is -0.375 e. The van der Waals surface area contributed by atoms with Crippen LogP contribution in [0.5, 0.6) is 0 Å². The van der Waals surface area contributed by atoms with E-state index in [9.17, 15) is 4.79 Å². The molecule has 1 saturated heterocycles. The van der Waals surface area contributed by atoms with Crippen LogP contribution in [0.25, 0.3) is 0 Å². The number of carbonyl (C=O) groups is 1. The quantitative estimate of drug-likeness (QED) is 0.873. The van der Waals surface area contributed by atoms with Gasteiger partial charge in [0.1, 0.15) is 0 Å². The number of piperidine rings is 1. The highest BCUT2D eigenvalue weighted by atomic mass is 16.5. The first-order valence-electron chi connectivity index (χ1n) is 9.29. The summed E-state index contributed by atoms with van der Waals surface area (Å²) in [5.41, 5.74) is 2.64. The fourth-order valence-corrected chi connectivity index (χ4v) is 4.48. The molecule has 0 bridgehead atoms. The van der Waals surface area contributed by atoms with Crippen molar-refractivity contribution in [2.45, 2.75) is 57.6 Å². The van der Waals surface area contributed by atoms with E-state index in [1.807, 2.05) is 6.92 Å². The molecule has 1 aromatic rings. The Hall–Kier alpha value is -1.39. The molecular weight excluding hydrogens is 300 g/mol. The van der Waals surface area contributed by atoms with Crippen LogP contribution in [0.3, 0.4) is 0 Å². The zero-order chi connectivity index (χ0) is 17.2. The van der Waals surface area contributed by atoms with Crippen LogP contribution in [-0.4, -0.2) is 31.7 Å². The molecule has 2 N–H and O–H groups in total. The maximum Gasteiger partial charge on any atom is 0.220 e. The van der Waals surface area contributed by atoms with E-state index in [2.05, 4.69) is 48.7 Å². The number of rotatable bonds is 5. The van der Waals surface area contributed by atoms with Crippen LogP contribution in [0.15, 0.2) is 24.3 Å². The van der Waals surface area contributed by atoms with Crippen molar-refractivity contribution < 1.29 is 9.53 Å². The van der Waals surface area contributed by atoms with E-state index in [0.29, 0.717) is 18.9 Å². The second-order valence-electron chi connectivity index (χ2n) is 7.51. The Morgan fingerprint density at radius 2 is 2.04 bits per heavy atom. The number of ether oxygens (including phenoxy) is 1. The Kier molecular flexibility index (Phi) is 5.26. The van der Waals surface area contributed by atoms with Gasteiger partial charge in [-0.3, -0.25) is 4.79 Å². The van der Waals surface area contributed by atoms with Crippen LogP contribution in [0.4, 0.5) is 0 Å². The summed E-state index contributed by atoms with van der Waals surface area (Å²) in [6, 6.07) is 8.55. The summed E-state index contributed by atoms with van der Waals surface area (Å²) >= 11 is 0. The Labute approximate surface area is 145 Å². The topological polar surface area (TPSA) is 50.4 Å². The standard InChI is InChI=1S/C20H30N2O2/c1-4-24-19-18(22-17(23)13-14(2)3)15-7-5-6-8-16(15)20(19)9-11-21-12-10-20/h5-8,14,18-19,21H,4,9-13H2,1-3H3,(H,22,23)/t18-,19+/m0/s1. The highest BCUT2D eigenvalue weighted by Gasteiger charge is 2.53. The van der Waals surface area contributed by atoms with Gasteiger partial charge in [-0.1, -0.05) is 38.1 Å². The van der Waals surface area contributed by atoms with Gasteiger partial charge < -0.3 is 15.4 Å². The second kappa shape index (κ2) is 7.24. The molecule has 1 aliphatic carbocycles. The lowest BCUT2D eigenvalue weighted by Gasteiger charge is -2.41. The third kappa shape index (κ3) is 3.09. The summed E-state index contributed by atoms with van der Waals surface area (Å²) in [5.74, 6) is 0.487. The monoisotopic (exact) mass is 330 g/mol. The Morgan fingerprint density at radius 1 is 1.33 bits per heavy atom. The van der Waals surface area contributed by atoms with Crippen molar-refractivity contribution in [3.05, 3.63) is 35.4 Å². The summed E-state index contributed by atoms with van der Waals surface area (Å²) < 4.78 is 6.25. The molecule has 4 heteroatoms. The van der Waals surface area contributed by atoms with Crippen molar-refractivity contribution in [2.24, 2.45) is 5.92 Å². The molecule has 0 radical (unpaired) electrons. The van der Waals surface area contributed by atoms with Gasteiger partial charge in [0.25, 0.3) is 0 Å². The van der Waals surface area contributed by atoms with E-state index in [4.69, 9.17) is 4.74 Å². The van der Waals surface area contributed by atoms with Gasteiger partial charge in [-0.2, -0.15) is 0 Å². The molecule has 0 unspecified atom stereocenters. The third-order valence-electron chi connectivity index (χ3n) is 5.43. The maximum absolute atomic E-state index is 12.5. The summed E-state index contributed by atoms with van der Waals surface area (Å²) in [7, 11) is 0. The maximum atomic E-state index is 12.5. The lowest BCUT2D eigenvalue weighted by molar-refractivity contribution is -0.124. The van der Waals surface area contributed by atoms with Crippen molar-refractivity contribution in [2.75, 3.05) is 19.7 Å². The predicted octanol–water partition coefficient (Wildman–Crippen LogP) is 2.93. The minimum atomic E-state index is -0.0366. The van der Waals surface area contributed by atoms with E-state index in [-0.39, 0.29) is 23.5 Å². The SMILES string of the molecule is CCO[C@@H]1[C@@H](NC(=O)CC(C)C)c2ccccc2C12CCNCC2. The number of benzene rings is 1. The third-order valence-corrected chi connectivity index (χ3v) is 5.43. The van der Waals surface area contributed by atoms with E-state index >= 15 is 0 Å².